The Balaban J connectivity index is 1.59. The van der Waals surface area contributed by atoms with E-state index in [9.17, 15) is 18.0 Å². The normalized spacial score (nSPS) is 25.7. The van der Waals surface area contributed by atoms with Crippen molar-refractivity contribution in [3.8, 4) is 0 Å². The first-order valence-electron chi connectivity index (χ1n) is 9.84. The van der Waals surface area contributed by atoms with E-state index in [1.165, 1.54) is 12.1 Å². The summed E-state index contributed by atoms with van der Waals surface area (Å²) in [6.45, 7) is 0. The van der Waals surface area contributed by atoms with Gasteiger partial charge in [0.1, 0.15) is 11.4 Å². The molecule has 30 heavy (non-hydrogen) atoms. The van der Waals surface area contributed by atoms with Gasteiger partial charge in [-0.05, 0) is 61.8 Å². The number of hydrogen-bond acceptors (Lipinski definition) is 6. The Labute approximate surface area is 171 Å². The van der Waals surface area contributed by atoms with Gasteiger partial charge in [0.05, 0.1) is 0 Å². The lowest BCUT2D eigenvalue weighted by molar-refractivity contribution is -0.137. The van der Waals surface area contributed by atoms with E-state index in [0.29, 0.717) is 11.3 Å². The number of carbonyl (C=O) groups excluding carboxylic acids is 1. The molecular weight excluding hydrogens is 397 g/mol. The number of anilines is 3. The summed E-state index contributed by atoms with van der Waals surface area (Å²) in [7, 11) is 0. The number of carbonyl (C=O) groups is 1. The van der Waals surface area contributed by atoms with Crippen molar-refractivity contribution < 1.29 is 18.0 Å². The minimum absolute atomic E-state index is 0.0252. The number of primary amides is 1. The molecule has 6 N–H and O–H groups in total. The first-order valence-corrected chi connectivity index (χ1v) is 9.84. The molecule has 2 unspecified atom stereocenters. The third-order valence-electron chi connectivity index (χ3n) is 5.96. The van der Waals surface area contributed by atoms with Gasteiger partial charge < -0.3 is 22.1 Å². The Morgan fingerprint density at radius 3 is 2.30 bits per heavy atom. The summed E-state index contributed by atoms with van der Waals surface area (Å²) in [6.07, 6.45) is -0.268. The molecule has 1 aromatic carbocycles. The molecule has 0 radical (unpaired) electrons. The predicted octanol–water partition coefficient (Wildman–Crippen LogP) is 3.27. The van der Waals surface area contributed by atoms with Crippen molar-refractivity contribution >= 4 is 23.4 Å². The maximum Gasteiger partial charge on any atom is 0.421 e. The Hall–Kier alpha value is -2.88. The van der Waals surface area contributed by atoms with E-state index in [2.05, 4.69) is 20.6 Å². The van der Waals surface area contributed by atoms with Crippen LogP contribution in [-0.2, 0) is 6.18 Å². The summed E-state index contributed by atoms with van der Waals surface area (Å²) in [5, 5.41) is 5.93. The average molecular weight is 420 g/mol. The average Bonchev–Trinajstić information content (AvgIpc) is 2.91. The number of amides is 1. The van der Waals surface area contributed by atoms with Gasteiger partial charge >= 0.3 is 6.18 Å². The molecule has 2 aromatic rings. The van der Waals surface area contributed by atoms with Crippen molar-refractivity contribution in [2.45, 2.75) is 43.9 Å². The Kier molecular flexibility index (Phi) is 5.27. The van der Waals surface area contributed by atoms with Crippen molar-refractivity contribution in [1.82, 2.24) is 9.97 Å². The van der Waals surface area contributed by atoms with E-state index < -0.39 is 17.6 Å². The lowest BCUT2D eigenvalue weighted by Crippen LogP contribution is -2.42. The number of hydrogen-bond donors (Lipinski definition) is 4. The summed E-state index contributed by atoms with van der Waals surface area (Å²) >= 11 is 0. The third kappa shape index (κ3) is 4.18. The molecule has 2 atom stereocenters. The molecule has 1 aromatic heterocycles. The van der Waals surface area contributed by atoms with Crippen LogP contribution in [0.4, 0.5) is 30.6 Å². The van der Waals surface area contributed by atoms with E-state index >= 15 is 0 Å². The van der Waals surface area contributed by atoms with Crippen LogP contribution in [0, 0.1) is 11.8 Å². The number of aromatic nitrogens is 2. The summed E-state index contributed by atoms with van der Waals surface area (Å²) in [6, 6.07) is 6.21. The molecule has 2 fully saturated rings. The van der Waals surface area contributed by atoms with Crippen LogP contribution in [0.2, 0.25) is 0 Å². The number of benzene rings is 1. The largest absolute Gasteiger partial charge is 0.421 e. The predicted molar refractivity (Wildman–Crippen MR) is 106 cm³/mol. The molecule has 4 rings (SSSR count). The van der Waals surface area contributed by atoms with Gasteiger partial charge in [-0.15, -0.1) is 0 Å². The summed E-state index contributed by atoms with van der Waals surface area (Å²) in [5.41, 5.74) is 11.2. The molecule has 1 amide bonds. The maximum absolute atomic E-state index is 13.5. The van der Waals surface area contributed by atoms with Gasteiger partial charge in [0, 0.05) is 29.5 Å². The number of nitrogens with zero attached hydrogens (tertiary/aromatic N) is 2. The highest BCUT2D eigenvalue weighted by molar-refractivity contribution is 5.93. The van der Waals surface area contributed by atoms with Crippen LogP contribution in [0.3, 0.4) is 0 Å². The SMILES string of the molecule is NC(=O)c1ccc(Nc2ncc(C(F)(F)F)c(NC3C4CCC3CC(N)C4)n2)cc1. The van der Waals surface area contributed by atoms with Crippen molar-refractivity contribution in [2.75, 3.05) is 10.6 Å². The zero-order chi connectivity index (χ0) is 21.5. The van der Waals surface area contributed by atoms with Crippen molar-refractivity contribution in [1.29, 1.82) is 0 Å². The van der Waals surface area contributed by atoms with Crippen molar-refractivity contribution in [2.24, 2.45) is 23.3 Å². The van der Waals surface area contributed by atoms with Gasteiger partial charge in [0.2, 0.25) is 11.9 Å². The molecule has 0 spiro atoms. The topological polar surface area (TPSA) is 119 Å². The van der Waals surface area contributed by atoms with Crippen LogP contribution in [0.5, 0.6) is 0 Å². The monoisotopic (exact) mass is 420 g/mol. The van der Waals surface area contributed by atoms with Crippen LogP contribution in [0.1, 0.15) is 41.6 Å². The van der Waals surface area contributed by atoms with Gasteiger partial charge in [-0.2, -0.15) is 18.2 Å². The second kappa shape index (κ2) is 7.75. The lowest BCUT2D eigenvalue weighted by Gasteiger charge is -2.35. The van der Waals surface area contributed by atoms with Crippen LogP contribution in [-0.4, -0.2) is 28.0 Å². The van der Waals surface area contributed by atoms with E-state index in [0.717, 1.165) is 31.9 Å². The van der Waals surface area contributed by atoms with Crippen molar-refractivity contribution in [3.63, 3.8) is 0 Å². The number of rotatable bonds is 5. The van der Waals surface area contributed by atoms with Crippen LogP contribution >= 0.6 is 0 Å². The molecule has 2 aliphatic carbocycles. The minimum Gasteiger partial charge on any atom is -0.366 e. The van der Waals surface area contributed by atoms with E-state index in [1.807, 2.05) is 0 Å². The third-order valence-corrected chi connectivity index (χ3v) is 5.96. The van der Waals surface area contributed by atoms with E-state index in [1.54, 1.807) is 12.1 Å². The summed E-state index contributed by atoms with van der Waals surface area (Å²) in [5.74, 6) is -0.288. The number of alkyl halides is 3. The molecule has 1 heterocycles. The Morgan fingerprint density at radius 1 is 1.10 bits per heavy atom. The van der Waals surface area contributed by atoms with Gasteiger partial charge in [0.25, 0.3) is 0 Å². The fourth-order valence-corrected chi connectivity index (χ4v) is 4.58. The van der Waals surface area contributed by atoms with Gasteiger partial charge in [-0.25, -0.2) is 4.98 Å². The molecule has 160 valence electrons. The molecule has 2 aliphatic rings. The van der Waals surface area contributed by atoms with Crippen molar-refractivity contribution in [3.05, 3.63) is 41.6 Å². The molecule has 0 saturated heterocycles. The first-order chi connectivity index (χ1) is 14.2. The smallest absolute Gasteiger partial charge is 0.366 e. The zero-order valence-corrected chi connectivity index (χ0v) is 16.1. The highest BCUT2D eigenvalue weighted by Gasteiger charge is 2.43. The summed E-state index contributed by atoms with van der Waals surface area (Å²) < 4.78 is 40.6. The minimum atomic E-state index is -4.58. The van der Waals surface area contributed by atoms with Gasteiger partial charge in [-0.1, -0.05) is 0 Å². The highest BCUT2D eigenvalue weighted by Crippen LogP contribution is 2.44. The zero-order valence-electron chi connectivity index (χ0n) is 16.1. The van der Waals surface area contributed by atoms with Crippen LogP contribution in [0.25, 0.3) is 0 Å². The number of nitrogens with two attached hydrogens (primary N) is 2. The van der Waals surface area contributed by atoms with Gasteiger partial charge in [-0.3, -0.25) is 4.79 Å². The molecular formula is C20H23F3N6O. The standard InChI is InChI=1S/C20H23F3N6O/c21-20(22,23)15-9-26-19(27-14-5-3-10(4-6-14)17(25)30)29-18(15)28-16-11-1-2-12(16)8-13(24)7-11/h3-6,9,11-13,16H,1-2,7-8,24H2,(H2,25,30)(H2,26,27,28,29). The second-order valence-electron chi connectivity index (χ2n) is 8.02. The number of fused-ring (bicyclic) bond motifs is 2. The van der Waals surface area contributed by atoms with E-state index in [-0.39, 0.29) is 35.7 Å². The highest BCUT2D eigenvalue weighted by atomic mass is 19.4. The lowest BCUT2D eigenvalue weighted by atomic mass is 9.81. The number of halogens is 3. The van der Waals surface area contributed by atoms with E-state index in [4.69, 9.17) is 11.5 Å². The Morgan fingerprint density at radius 2 is 1.73 bits per heavy atom. The molecule has 7 nitrogen and oxygen atoms in total. The molecule has 10 heteroatoms. The van der Waals surface area contributed by atoms with Crippen LogP contribution in [0.15, 0.2) is 30.5 Å². The molecule has 2 bridgehead atoms. The quantitative estimate of drug-likeness (QED) is 0.590. The molecule has 2 saturated carbocycles. The number of nitrogens with one attached hydrogen (secondary N) is 2. The fourth-order valence-electron chi connectivity index (χ4n) is 4.58. The Bertz CT molecular complexity index is 919. The fraction of sp³-hybridized carbons (Fsp3) is 0.450. The van der Waals surface area contributed by atoms with Crippen LogP contribution < -0.4 is 22.1 Å². The molecule has 0 aliphatic heterocycles. The second-order valence-corrected chi connectivity index (χ2v) is 8.02. The maximum atomic E-state index is 13.5. The first kappa shape index (κ1) is 20.4. The summed E-state index contributed by atoms with van der Waals surface area (Å²) in [4.78, 5) is 19.1. The van der Waals surface area contributed by atoms with Gasteiger partial charge in [0.15, 0.2) is 0 Å².